The van der Waals surface area contributed by atoms with Gasteiger partial charge >= 0.3 is 5.97 Å². The van der Waals surface area contributed by atoms with E-state index in [1.165, 1.54) is 17.4 Å². The van der Waals surface area contributed by atoms with Gasteiger partial charge < -0.3 is 10.1 Å². The third-order valence-electron chi connectivity index (χ3n) is 3.42. The van der Waals surface area contributed by atoms with Crippen LogP contribution >= 0.6 is 11.3 Å². The molecule has 0 aliphatic rings. The van der Waals surface area contributed by atoms with Crippen LogP contribution in [0.15, 0.2) is 48.5 Å². The van der Waals surface area contributed by atoms with Gasteiger partial charge in [-0.25, -0.2) is 9.18 Å². The van der Waals surface area contributed by atoms with Crippen molar-refractivity contribution in [1.29, 1.82) is 0 Å². The highest BCUT2D eigenvalue weighted by atomic mass is 32.1. The van der Waals surface area contributed by atoms with Crippen molar-refractivity contribution < 1.29 is 18.7 Å². The standard InChI is InChI=1S/C18H14FNO3S/c1-11-6-7-13(9-14(11)19)20-17(21)10-23-18(22)16-8-12-4-2-3-5-15(12)24-16/h2-9H,10H2,1H3,(H,20,21). The average Bonchev–Trinajstić information content (AvgIpc) is 3.00. The Morgan fingerprint density at radius 1 is 1.17 bits per heavy atom. The Bertz CT molecular complexity index is 887. The molecule has 6 heteroatoms. The number of carbonyl (C=O) groups is 2. The maximum absolute atomic E-state index is 13.4. The molecular weight excluding hydrogens is 329 g/mol. The summed E-state index contributed by atoms with van der Waals surface area (Å²) in [5.74, 6) is -1.48. The summed E-state index contributed by atoms with van der Waals surface area (Å²) in [6.07, 6.45) is 0. The predicted octanol–water partition coefficient (Wildman–Crippen LogP) is 4.14. The van der Waals surface area contributed by atoms with E-state index in [9.17, 15) is 14.0 Å². The second kappa shape index (κ2) is 6.80. The second-order valence-electron chi connectivity index (χ2n) is 5.24. The van der Waals surface area contributed by atoms with Gasteiger partial charge in [0.2, 0.25) is 0 Å². The van der Waals surface area contributed by atoms with E-state index in [1.54, 1.807) is 25.1 Å². The van der Waals surface area contributed by atoms with E-state index in [0.717, 1.165) is 10.1 Å². The van der Waals surface area contributed by atoms with E-state index in [-0.39, 0.29) is 0 Å². The molecule has 0 saturated heterocycles. The van der Waals surface area contributed by atoms with Crippen LogP contribution in [0.5, 0.6) is 0 Å². The summed E-state index contributed by atoms with van der Waals surface area (Å²) in [5.41, 5.74) is 0.810. The van der Waals surface area contributed by atoms with E-state index >= 15 is 0 Å². The van der Waals surface area contributed by atoms with Crippen molar-refractivity contribution in [3.8, 4) is 0 Å². The summed E-state index contributed by atoms with van der Waals surface area (Å²) in [4.78, 5) is 24.3. The number of nitrogens with one attached hydrogen (secondary N) is 1. The molecule has 1 aromatic heterocycles. The summed E-state index contributed by atoms with van der Waals surface area (Å²) in [6, 6.07) is 13.7. The number of esters is 1. The number of hydrogen-bond acceptors (Lipinski definition) is 4. The van der Waals surface area contributed by atoms with Gasteiger partial charge in [-0.3, -0.25) is 4.79 Å². The van der Waals surface area contributed by atoms with E-state index in [2.05, 4.69) is 5.32 Å². The molecule has 0 aliphatic carbocycles. The molecule has 122 valence electrons. The minimum absolute atomic E-state index is 0.320. The maximum Gasteiger partial charge on any atom is 0.348 e. The summed E-state index contributed by atoms with van der Waals surface area (Å²) in [5, 5.41) is 3.44. The van der Waals surface area contributed by atoms with Crippen molar-refractivity contribution in [2.24, 2.45) is 0 Å². The SMILES string of the molecule is Cc1ccc(NC(=O)COC(=O)c2cc3ccccc3s2)cc1F. The van der Waals surface area contributed by atoms with Gasteiger partial charge in [-0.2, -0.15) is 0 Å². The van der Waals surface area contributed by atoms with E-state index in [1.807, 2.05) is 24.3 Å². The highest BCUT2D eigenvalue weighted by Crippen LogP contribution is 2.25. The third-order valence-corrected chi connectivity index (χ3v) is 4.51. The first-order valence-electron chi connectivity index (χ1n) is 7.24. The molecule has 0 aliphatic heterocycles. The second-order valence-corrected chi connectivity index (χ2v) is 6.32. The Kier molecular flexibility index (Phi) is 4.57. The van der Waals surface area contributed by atoms with Crippen LogP contribution in [0.3, 0.4) is 0 Å². The van der Waals surface area contributed by atoms with Gasteiger partial charge in [-0.15, -0.1) is 11.3 Å². The summed E-state index contributed by atoms with van der Waals surface area (Å²) in [7, 11) is 0. The smallest absolute Gasteiger partial charge is 0.348 e. The van der Waals surface area contributed by atoms with Gasteiger partial charge in [0.05, 0.1) is 0 Å². The number of aryl methyl sites for hydroxylation is 1. The van der Waals surface area contributed by atoms with Crippen molar-refractivity contribution in [1.82, 2.24) is 0 Å². The molecule has 3 rings (SSSR count). The lowest BCUT2D eigenvalue weighted by molar-refractivity contribution is -0.119. The summed E-state index contributed by atoms with van der Waals surface area (Å²) >= 11 is 1.31. The third kappa shape index (κ3) is 3.60. The zero-order valence-corrected chi connectivity index (χ0v) is 13.7. The topological polar surface area (TPSA) is 55.4 Å². The molecule has 2 aromatic carbocycles. The molecule has 4 nitrogen and oxygen atoms in total. The van der Waals surface area contributed by atoms with Crippen molar-refractivity contribution in [3.05, 3.63) is 64.8 Å². The van der Waals surface area contributed by atoms with Crippen molar-refractivity contribution in [2.45, 2.75) is 6.92 Å². The predicted molar refractivity (Wildman–Crippen MR) is 91.9 cm³/mol. The molecule has 0 saturated carbocycles. The Morgan fingerprint density at radius 3 is 2.71 bits per heavy atom. The van der Waals surface area contributed by atoms with Crippen LogP contribution < -0.4 is 5.32 Å². The molecule has 0 radical (unpaired) electrons. The van der Waals surface area contributed by atoms with Crippen LogP contribution in [0, 0.1) is 12.7 Å². The van der Waals surface area contributed by atoms with E-state index < -0.39 is 24.3 Å². The first-order valence-corrected chi connectivity index (χ1v) is 8.06. The molecule has 0 spiro atoms. The lowest BCUT2D eigenvalue weighted by Crippen LogP contribution is -2.20. The fourth-order valence-corrected chi connectivity index (χ4v) is 3.11. The number of amides is 1. The fraction of sp³-hybridized carbons (Fsp3) is 0.111. The number of hydrogen-bond donors (Lipinski definition) is 1. The van der Waals surface area contributed by atoms with Crippen molar-refractivity contribution in [2.75, 3.05) is 11.9 Å². The van der Waals surface area contributed by atoms with Crippen LogP contribution in [0.25, 0.3) is 10.1 Å². The molecule has 1 heterocycles. The quantitative estimate of drug-likeness (QED) is 0.724. The zero-order chi connectivity index (χ0) is 17.1. The van der Waals surface area contributed by atoms with E-state index in [4.69, 9.17) is 4.74 Å². The normalized spacial score (nSPS) is 10.6. The average molecular weight is 343 g/mol. The monoisotopic (exact) mass is 343 g/mol. The summed E-state index contributed by atoms with van der Waals surface area (Å²) in [6.45, 7) is 1.20. The molecule has 3 aromatic rings. The number of carbonyl (C=O) groups excluding carboxylic acids is 2. The Hall–Kier alpha value is -2.73. The molecule has 0 bridgehead atoms. The largest absolute Gasteiger partial charge is 0.451 e. The maximum atomic E-state index is 13.4. The van der Waals surface area contributed by atoms with Crippen LogP contribution in [-0.4, -0.2) is 18.5 Å². The number of anilines is 1. The number of rotatable bonds is 4. The molecule has 0 unspecified atom stereocenters. The highest BCUT2D eigenvalue weighted by molar-refractivity contribution is 7.20. The summed E-state index contributed by atoms with van der Waals surface area (Å²) < 4.78 is 19.4. The fourth-order valence-electron chi connectivity index (χ4n) is 2.15. The van der Waals surface area contributed by atoms with Crippen LogP contribution in [0.1, 0.15) is 15.2 Å². The molecule has 1 N–H and O–H groups in total. The number of benzene rings is 2. The molecule has 0 atom stereocenters. The number of ether oxygens (including phenoxy) is 1. The number of halogens is 1. The van der Waals surface area contributed by atoms with Crippen molar-refractivity contribution in [3.63, 3.8) is 0 Å². The Morgan fingerprint density at radius 2 is 1.96 bits per heavy atom. The van der Waals surface area contributed by atoms with Crippen LogP contribution in [0.2, 0.25) is 0 Å². The van der Waals surface area contributed by atoms with Crippen LogP contribution in [-0.2, 0) is 9.53 Å². The molecular formula is C18H14FNO3S. The van der Waals surface area contributed by atoms with Crippen molar-refractivity contribution >= 4 is 39.0 Å². The van der Waals surface area contributed by atoms with Gasteiger partial charge in [0.25, 0.3) is 5.91 Å². The number of fused-ring (bicyclic) bond motifs is 1. The highest BCUT2D eigenvalue weighted by Gasteiger charge is 2.14. The Labute approximate surface area is 141 Å². The first-order chi connectivity index (χ1) is 11.5. The van der Waals surface area contributed by atoms with Gasteiger partial charge in [-0.05, 0) is 42.1 Å². The molecule has 24 heavy (non-hydrogen) atoms. The molecule has 1 amide bonds. The lowest BCUT2D eigenvalue weighted by Gasteiger charge is -2.06. The minimum Gasteiger partial charge on any atom is -0.451 e. The van der Waals surface area contributed by atoms with Gasteiger partial charge in [0.15, 0.2) is 6.61 Å². The van der Waals surface area contributed by atoms with Gasteiger partial charge in [0, 0.05) is 10.4 Å². The van der Waals surface area contributed by atoms with Gasteiger partial charge in [0.1, 0.15) is 10.7 Å². The minimum atomic E-state index is -0.554. The lowest BCUT2D eigenvalue weighted by atomic mass is 10.2. The van der Waals surface area contributed by atoms with Crippen LogP contribution in [0.4, 0.5) is 10.1 Å². The van der Waals surface area contributed by atoms with E-state index in [0.29, 0.717) is 16.1 Å². The Balaban J connectivity index is 1.59. The van der Waals surface area contributed by atoms with Gasteiger partial charge in [-0.1, -0.05) is 24.3 Å². The molecule has 0 fully saturated rings. The first kappa shape index (κ1) is 16.1. The zero-order valence-electron chi connectivity index (χ0n) is 12.8. The number of thiophene rings is 1.